The molecule has 3 aromatic rings. The van der Waals surface area contributed by atoms with Crippen molar-refractivity contribution < 1.29 is 14.6 Å². The Hall–Kier alpha value is -2.30. The van der Waals surface area contributed by atoms with E-state index in [4.69, 9.17) is 16.3 Å². The number of aromatic nitrogens is 1. The second-order valence-corrected chi connectivity index (χ2v) is 6.14. The topological polar surface area (TPSA) is 51.5 Å². The highest BCUT2D eigenvalue weighted by atomic mass is 35.5. The SMILES string of the molecule is CCOC(=O)c1c2ccc(Cl)cc2c(-c2ccccc2)n1CCCO. The lowest BCUT2D eigenvalue weighted by Gasteiger charge is -2.13. The number of benzene rings is 2. The fourth-order valence-electron chi connectivity index (χ4n) is 3.10. The number of carbonyl (C=O) groups excluding carboxylic acids is 1. The Kier molecular flexibility index (Phi) is 5.41. The van der Waals surface area contributed by atoms with Crippen LogP contribution < -0.4 is 0 Å². The normalized spacial score (nSPS) is 11.0. The number of esters is 1. The Labute approximate surface area is 151 Å². The molecule has 5 heteroatoms. The number of halogens is 1. The molecule has 0 bridgehead atoms. The van der Waals surface area contributed by atoms with E-state index < -0.39 is 0 Å². The smallest absolute Gasteiger partial charge is 0.355 e. The van der Waals surface area contributed by atoms with Gasteiger partial charge in [-0.25, -0.2) is 4.79 Å². The van der Waals surface area contributed by atoms with Gasteiger partial charge in [-0.05, 0) is 31.0 Å². The minimum Gasteiger partial charge on any atom is -0.461 e. The van der Waals surface area contributed by atoms with Gasteiger partial charge in [-0.3, -0.25) is 0 Å². The lowest BCUT2D eigenvalue weighted by molar-refractivity contribution is 0.0516. The monoisotopic (exact) mass is 357 g/mol. The van der Waals surface area contributed by atoms with Gasteiger partial charge in [0.1, 0.15) is 5.69 Å². The Morgan fingerprint density at radius 3 is 2.60 bits per heavy atom. The number of ether oxygens (including phenoxy) is 1. The molecule has 0 aliphatic rings. The number of hydrogen-bond acceptors (Lipinski definition) is 3. The molecule has 1 heterocycles. The van der Waals surface area contributed by atoms with Crippen molar-refractivity contribution in [2.75, 3.05) is 13.2 Å². The summed E-state index contributed by atoms with van der Waals surface area (Å²) in [6.07, 6.45) is 0.543. The van der Waals surface area contributed by atoms with Crippen LogP contribution in [0.15, 0.2) is 48.5 Å². The Morgan fingerprint density at radius 1 is 1.16 bits per heavy atom. The number of aliphatic hydroxyl groups is 1. The maximum atomic E-state index is 12.6. The molecule has 130 valence electrons. The van der Waals surface area contributed by atoms with Crippen molar-refractivity contribution in [3.05, 3.63) is 59.2 Å². The fourth-order valence-corrected chi connectivity index (χ4v) is 3.27. The van der Waals surface area contributed by atoms with Gasteiger partial charge in [0.15, 0.2) is 0 Å². The maximum absolute atomic E-state index is 12.6. The van der Waals surface area contributed by atoms with Crippen LogP contribution in [0.4, 0.5) is 0 Å². The minimum absolute atomic E-state index is 0.0474. The summed E-state index contributed by atoms with van der Waals surface area (Å²) in [6, 6.07) is 15.4. The molecule has 0 radical (unpaired) electrons. The molecule has 1 aromatic heterocycles. The van der Waals surface area contributed by atoms with Gasteiger partial charge in [-0.2, -0.15) is 0 Å². The number of carbonyl (C=O) groups is 1. The van der Waals surface area contributed by atoms with E-state index in [9.17, 15) is 9.90 Å². The first-order chi connectivity index (χ1) is 12.2. The predicted molar refractivity (Wildman–Crippen MR) is 100 cm³/mol. The average molecular weight is 358 g/mol. The fraction of sp³-hybridized carbons (Fsp3) is 0.250. The molecule has 0 unspecified atom stereocenters. The second-order valence-electron chi connectivity index (χ2n) is 5.70. The van der Waals surface area contributed by atoms with E-state index in [1.807, 2.05) is 47.0 Å². The quantitative estimate of drug-likeness (QED) is 0.660. The Bertz CT molecular complexity index is 887. The number of fused-ring (bicyclic) bond motifs is 1. The molecule has 0 spiro atoms. The lowest BCUT2D eigenvalue weighted by atomic mass is 10.1. The zero-order valence-corrected chi connectivity index (χ0v) is 14.8. The van der Waals surface area contributed by atoms with Crippen molar-refractivity contribution in [1.29, 1.82) is 0 Å². The minimum atomic E-state index is -0.366. The number of aliphatic hydroxyl groups excluding tert-OH is 1. The second kappa shape index (κ2) is 7.72. The van der Waals surface area contributed by atoms with Crippen molar-refractivity contribution >= 4 is 28.3 Å². The van der Waals surface area contributed by atoms with Crippen molar-refractivity contribution in [3.63, 3.8) is 0 Å². The van der Waals surface area contributed by atoms with E-state index in [2.05, 4.69) is 0 Å². The van der Waals surface area contributed by atoms with Gasteiger partial charge in [-0.1, -0.05) is 48.0 Å². The average Bonchev–Trinajstić information content (AvgIpc) is 2.94. The number of hydrogen-bond donors (Lipinski definition) is 1. The standard InChI is InChI=1S/C20H20ClNO3/c1-2-25-20(24)19-16-10-9-15(21)13-17(16)18(22(19)11-6-12-23)14-7-4-3-5-8-14/h3-5,7-10,13,23H,2,6,11-12H2,1H3. The summed E-state index contributed by atoms with van der Waals surface area (Å²) in [5.41, 5.74) is 2.40. The van der Waals surface area contributed by atoms with E-state index >= 15 is 0 Å². The summed E-state index contributed by atoms with van der Waals surface area (Å²) in [5.74, 6) is -0.366. The zero-order chi connectivity index (χ0) is 17.8. The van der Waals surface area contributed by atoms with Gasteiger partial charge < -0.3 is 14.4 Å². The van der Waals surface area contributed by atoms with Gasteiger partial charge in [0, 0.05) is 28.9 Å². The summed E-state index contributed by atoms with van der Waals surface area (Å²) in [4.78, 5) is 12.6. The van der Waals surface area contributed by atoms with E-state index in [-0.39, 0.29) is 12.6 Å². The molecule has 4 nitrogen and oxygen atoms in total. The van der Waals surface area contributed by atoms with Gasteiger partial charge in [-0.15, -0.1) is 0 Å². The molecule has 0 saturated heterocycles. The molecule has 0 saturated carbocycles. The Morgan fingerprint density at radius 2 is 1.92 bits per heavy atom. The molecule has 0 aliphatic heterocycles. The van der Waals surface area contributed by atoms with Crippen molar-refractivity contribution in [2.24, 2.45) is 0 Å². The molecule has 0 fully saturated rings. The molecule has 25 heavy (non-hydrogen) atoms. The van der Waals surface area contributed by atoms with Crippen LogP contribution >= 0.6 is 11.6 Å². The van der Waals surface area contributed by atoms with Gasteiger partial charge in [0.2, 0.25) is 0 Å². The van der Waals surface area contributed by atoms with E-state index in [0.717, 1.165) is 22.0 Å². The number of rotatable bonds is 6. The highest BCUT2D eigenvalue weighted by Crippen LogP contribution is 2.36. The third-order valence-corrected chi connectivity index (χ3v) is 4.32. The van der Waals surface area contributed by atoms with Crippen LogP contribution in [0.25, 0.3) is 22.0 Å². The van der Waals surface area contributed by atoms with Crippen LogP contribution in [0.1, 0.15) is 23.8 Å². The van der Waals surface area contributed by atoms with Crippen LogP contribution in [-0.2, 0) is 11.3 Å². The van der Waals surface area contributed by atoms with Gasteiger partial charge >= 0.3 is 5.97 Å². The van der Waals surface area contributed by atoms with E-state index in [0.29, 0.717) is 30.3 Å². The third-order valence-electron chi connectivity index (χ3n) is 4.09. The van der Waals surface area contributed by atoms with Crippen LogP contribution in [0.3, 0.4) is 0 Å². The van der Waals surface area contributed by atoms with Crippen LogP contribution in [0.2, 0.25) is 5.02 Å². The zero-order valence-electron chi connectivity index (χ0n) is 14.0. The summed E-state index contributed by atoms with van der Waals surface area (Å²) in [5, 5.41) is 11.6. The molecular formula is C20H20ClNO3. The van der Waals surface area contributed by atoms with Crippen LogP contribution in [-0.4, -0.2) is 28.9 Å². The highest BCUT2D eigenvalue weighted by molar-refractivity contribution is 6.31. The first-order valence-electron chi connectivity index (χ1n) is 8.32. The molecule has 3 rings (SSSR count). The lowest BCUT2D eigenvalue weighted by Crippen LogP contribution is -2.14. The summed E-state index contributed by atoms with van der Waals surface area (Å²) >= 11 is 6.22. The summed E-state index contributed by atoms with van der Waals surface area (Å²) < 4.78 is 7.22. The number of nitrogens with zero attached hydrogens (tertiary/aromatic N) is 1. The van der Waals surface area contributed by atoms with Crippen LogP contribution in [0.5, 0.6) is 0 Å². The van der Waals surface area contributed by atoms with Crippen LogP contribution in [0, 0.1) is 0 Å². The van der Waals surface area contributed by atoms with Crippen molar-refractivity contribution in [1.82, 2.24) is 4.57 Å². The van der Waals surface area contributed by atoms with E-state index in [1.54, 1.807) is 13.0 Å². The van der Waals surface area contributed by atoms with Crippen molar-refractivity contribution in [2.45, 2.75) is 19.9 Å². The molecule has 0 aliphatic carbocycles. The first kappa shape index (κ1) is 17.5. The molecule has 0 atom stereocenters. The molecule has 0 amide bonds. The largest absolute Gasteiger partial charge is 0.461 e. The first-order valence-corrected chi connectivity index (χ1v) is 8.70. The maximum Gasteiger partial charge on any atom is 0.355 e. The summed E-state index contributed by atoms with van der Waals surface area (Å²) in [6.45, 7) is 2.66. The molecular weight excluding hydrogens is 338 g/mol. The van der Waals surface area contributed by atoms with E-state index in [1.165, 1.54) is 0 Å². The van der Waals surface area contributed by atoms with Gasteiger partial charge in [0.05, 0.1) is 12.3 Å². The summed E-state index contributed by atoms with van der Waals surface area (Å²) in [7, 11) is 0. The van der Waals surface area contributed by atoms with Crippen molar-refractivity contribution in [3.8, 4) is 11.3 Å². The van der Waals surface area contributed by atoms with Gasteiger partial charge in [0.25, 0.3) is 0 Å². The predicted octanol–water partition coefficient (Wildman–Crippen LogP) is 4.52. The third kappa shape index (κ3) is 3.41. The Balaban J connectivity index is 2.34. The molecule has 1 N–H and O–H groups in total. The molecule has 2 aromatic carbocycles. The highest BCUT2D eigenvalue weighted by Gasteiger charge is 2.23.